The van der Waals surface area contributed by atoms with Gasteiger partial charge in [-0.05, 0) is 24.0 Å². The number of benzene rings is 1. The summed E-state index contributed by atoms with van der Waals surface area (Å²) in [7, 11) is 0. The number of carbonyl (C=O) groups excluding carboxylic acids is 1. The zero-order valence-electron chi connectivity index (χ0n) is 8.94. The minimum Gasteiger partial charge on any atom is -0.329 e. The fourth-order valence-electron chi connectivity index (χ4n) is 3.07. The molecule has 1 saturated heterocycles. The molecule has 0 N–H and O–H groups in total. The normalized spacial score (nSPS) is 26.9. The van der Waals surface area contributed by atoms with Crippen LogP contribution in [0.2, 0.25) is 0 Å². The van der Waals surface area contributed by atoms with Crippen LogP contribution in [0.15, 0.2) is 24.3 Å². The summed E-state index contributed by atoms with van der Waals surface area (Å²) >= 11 is 0. The molecule has 78 valence electrons. The van der Waals surface area contributed by atoms with E-state index < -0.39 is 0 Å². The summed E-state index contributed by atoms with van der Waals surface area (Å²) in [5, 5.41) is 0. The highest BCUT2D eigenvalue weighted by molar-refractivity contribution is 5.78. The summed E-state index contributed by atoms with van der Waals surface area (Å²) in [6, 6.07) is 9.25. The van der Waals surface area contributed by atoms with Crippen molar-refractivity contribution in [3.05, 3.63) is 35.4 Å². The van der Waals surface area contributed by atoms with Gasteiger partial charge < -0.3 is 4.90 Å². The highest BCUT2D eigenvalue weighted by atomic mass is 16.2. The van der Waals surface area contributed by atoms with Crippen molar-refractivity contribution in [3.63, 3.8) is 0 Å². The molecule has 2 heteroatoms. The Balaban J connectivity index is 2.05. The first-order valence-electron chi connectivity index (χ1n) is 5.73. The Morgan fingerprint density at radius 3 is 2.27 bits per heavy atom. The number of fused-ring (bicyclic) bond motifs is 5. The minimum absolute atomic E-state index is 0.304. The molecule has 15 heavy (non-hydrogen) atoms. The molecule has 2 nitrogen and oxygen atoms in total. The Morgan fingerprint density at radius 2 is 1.80 bits per heavy atom. The Labute approximate surface area is 89.9 Å². The summed E-state index contributed by atoms with van der Waals surface area (Å²) in [5.74, 6) is 0.304. The second kappa shape index (κ2) is 3.09. The Hall–Kier alpha value is -1.31. The lowest BCUT2D eigenvalue weighted by atomic mass is 9.92. The Bertz CT molecular complexity index is 382. The van der Waals surface area contributed by atoms with Crippen LogP contribution in [0, 0.1) is 0 Å². The molecular weight excluding hydrogens is 186 g/mol. The van der Waals surface area contributed by atoms with Crippen LogP contribution in [-0.2, 0) is 4.79 Å². The fraction of sp³-hybridized carbons (Fsp3) is 0.462. The van der Waals surface area contributed by atoms with Crippen molar-refractivity contribution in [1.82, 2.24) is 4.90 Å². The van der Waals surface area contributed by atoms with Gasteiger partial charge in [0.2, 0.25) is 5.91 Å². The monoisotopic (exact) mass is 201 g/mol. The van der Waals surface area contributed by atoms with Crippen LogP contribution in [0.3, 0.4) is 0 Å². The average Bonchev–Trinajstić information content (AvgIpc) is 2.84. The molecule has 3 rings (SSSR count). The van der Waals surface area contributed by atoms with Gasteiger partial charge in [0.15, 0.2) is 0 Å². The molecule has 1 amide bonds. The van der Waals surface area contributed by atoms with E-state index in [2.05, 4.69) is 29.2 Å². The molecule has 1 aromatic carbocycles. The SMILES string of the molecule is CCC(=O)N1C2CCC1c1ccccc12. The number of rotatable bonds is 1. The maximum atomic E-state index is 11.9. The van der Waals surface area contributed by atoms with Gasteiger partial charge in [-0.1, -0.05) is 31.2 Å². The van der Waals surface area contributed by atoms with Gasteiger partial charge in [0.1, 0.15) is 0 Å². The number of nitrogens with zero attached hydrogens (tertiary/aromatic N) is 1. The van der Waals surface area contributed by atoms with Crippen molar-refractivity contribution >= 4 is 5.91 Å². The smallest absolute Gasteiger partial charge is 0.223 e. The van der Waals surface area contributed by atoms with E-state index in [1.54, 1.807) is 0 Å². The van der Waals surface area contributed by atoms with Crippen molar-refractivity contribution in [2.75, 3.05) is 0 Å². The lowest BCUT2D eigenvalue weighted by Crippen LogP contribution is -2.26. The minimum atomic E-state index is 0.304. The third-order valence-electron chi connectivity index (χ3n) is 3.69. The van der Waals surface area contributed by atoms with Crippen LogP contribution in [0.1, 0.15) is 49.4 Å². The molecule has 0 saturated carbocycles. The summed E-state index contributed by atoms with van der Waals surface area (Å²) < 4.78 is 0. The molecule has 2 heterocycles. The standard InChI is InChI=1S/C13H15NO/c1-2-13(15)14-11-7-8-12(14)10-6-4-3-5-9(10)11/h3-6,11-12H,2,7-8H2,1H3. The zero-order chi connectivity index (χ0) is 10.4. The lowest BCUT2D eigenvalue weighted by Gasteiger charge is -2.21. The molecule has 2 aliphatic heterocycles. The van der Waals surface area contributed by atoms with E-state index in [-0.39, 0.29) is 0 Å². The topological polar surface area (TPSA) is 20.3 Å². The van der Waals surface area contributed by atoms with Crippen LogP contribution in [0.25, 0.3) is 0 Å². The van der Waals surface area contributed by atoms with Gasteiger partial charge in [-0.25, -0.2) is 0 Å². The van der Waals surface area contributed by atoms with Crippen molar-refractivity contribution in [2.24, 2.45) is 0 Å². The summed E-state index contributed by atoms with van der Waals surface area (Å²) in [5.41, 5.74) is 2.77. The van der Waals surface area contributed by atoms with Crippen LogP contribution >= 0.6 is 0 Å². The van der Waals surface area contributed by atoms with Crippen LogP contribution < -0.4 is 0 Å². The second-order valence-electron chi connectivity index (χ2n) is 4.39. The zero-order valence-corrected chi connectivity index (χ0v) is 8.94. The third kappa shape index (κ3) is 1.08. The van der Waals surface area contributed by atoms with Crippen LogP contribution in [0.5, 0.6) is 0 Å². The summed E-state index contributed by atoms with van der Waals surface area (Å²) in [4.78, 5) is 14.0. The predicted octanol–water partition coefficient (Wildman–Crippen LogP) is 2.81. The van der Waals surface area contributed by atoms with Gasteiger partial charge in [-0.3, -0.25) is 4.79 Å². The van der Waals surface area contributed by atoms with Crippen molar-refractivity contribution in [1.29, 1.82) is 0 Å². The van der Waals surface area contributed by atoms with Gasteiger partial charge in [-0.2, -0.15) is 0 Å². The quantitative estimate of drug-likeness (QED) is 0.684. The third-order valence-corrected chi connectivity index (χ3v) is 3.69. The average molecular weight is 201 g/mol. The predicted molar refractivity (Wildman–Crippen MR) is 58.3 cm³/mol. The van der Waals surface area contributed by atoms with E-state index in [0.717, 1.165) is 12.8 Å². The van der Waals surface area contributed by atoms with Crippen molar-refractivity contribution < 1.29 is 4.79 Å². The summed E-state index contributed by atoms with van der Waals surface area (Å²) in [6.07, 6.45) is 2.92. The Morgan fingerprint density at radius 1 is 1.27 bits per heavy atom. The second-order valence-corrected chi connectivity index (χ2v) is 4.39. The number of amides is 1. The van der Waals surface area contributed by atoms with Gasteiger partial charge >= 0.3 is 0 Å². The maximum absolute atomic E-state index is 11.9. The first-order valence-corrected chi connectivity index (χ1v) is 5.73. The van der Waals surface area contributed by atoms with Gasteiger partial charge in [0.25, 0.3) is 0 Å². The molecule has 0 radical (unpaired) electrons. The first-order chi connectivity index (χ1) is 7.33. The fourth-order valence-corrected chi connectivity index (χ4v) is 3.07. The number of hydrogen-bond donors (Lipinski definition) is 0. The molecule has 0 aromatic heterocycles. The van der Waals surface area contributed by atoms with E-state index >= 15 is 0 Å². The lowest BCUT2D eigenvalue weighted by molar-refractivity contribution is -0.133. The van der Waals surface area contributed by atoms with E-state index in [0.29, 0.717) is 24.4 Å². The number of hydrogen-bond acceptors (Lipinski definition) is 1. The molecular formula is C13H15NO. The van der Waals surface area contributed by atoms with Gasteiger partial charge in [0, 0.05) is 6.42 Å². The molecule has 0 spiro atoms. The Kier molecular flexibility index (Phi) is 1.84. The molecule has 1 fully saturated rings. The number of carbonyl (C=O) groups is 1. The molecule has 2 aliphatic rings. The molecule has 1 aromatic rings. The molecule has 2 atom stereocenters. The first kappa shape index (κ1) is 8.96. The van der Waals surface area contributed by atoms with E-state index in [4.69, 9.17) is 0 Å². The van der Waals surface area contributed by atoms with Gasteiger partial charge in [0.05, 0.1) is 12.1 Å². The highest BCUT2D eigenvalue weighted by Gasteiger charge is 2.45. The molecule has 2 bridgehead atoms. The van der Waals surface area contributed by atoms with Crippen molar-refractivity contribution in [3.8, 4) is 0 Å². The van der Waals surface area contributed by atoms with E-state index in [9.17, 15) is 4.79 Å². The largest absolute Gasteiger partial charge is 0.329 e. The molecule has 0 aliphatic carbocycles. The van der Waals surface area contributed by atoms with E-state index in [1.807, 2.05) is 6.92 Å². The van der Waals surface area contributed by atoms with Gasteiger partial charge in [-0.15, -0.1) is 0 Å². The highest BCUT2D eigenvalue weighted by Crippen LogP contribution is 2.52. The van der Waals surface area contributed by atoms with E-state index in [1.165, 1.54) is 11.1 Å². The summed E-state index contributed by atoms with van der Waals surface area (Å²) in [6.45, 7) is 1.95. The van der Waals surface area contributed by atoms with Crippen molar-refractivity contribution in [2.45, 2.75) is 38.3 Å². The van der Waals surface area contributed by atoms with Crippen LogP contribution in [0.4, 0.5) is 0 Å². The van der Waals surface area contributed by atoms with Crippen LogP contribution in [-0.4, -0.2) is 10.8 Å². The maximum Gasteiger partial charge on any atom is 0.223 e. The molecule has 2 unspecified atom stereocenters.